The molecule has 1 amide bonds. The minimum absolute atomic E-state index is 0.00838. The van der Waals surface area contributed by atoms with E-state index in [1.165, 1.54) is 0 Å². The summed E-state index contributed by atoms with van der Waals surface area (Å²) in [6, 6.07) is 17.8. The van der Waals surface area contributed by atoms with E-state index in [1.807, 2.05) is 61.2 Å². The molecule has 7 heteroatoms. The summed E-state index contributed by atoms with van der Waals surface area (Å²) < 4.78 is 7.97. The van der Waals surface area contributed by atoms with Crippen LogP contribution in [0, 0.1) is 6.92 Å². The molecule has 1 aliphatic carbocycles. The number of ether oxygens (including phenoxy) is 1. The van der Waals surface area contributed by atoms with Crippen molar-refractivity contribution in [2.24, 2.45) is 0 Å². The summed E-state index contributed by atoms with van der Waals surface area (Å²) in [6.07, 6.45) is 3.75. The van der Waals surface area contributed by atoms with Crippen LogP contribution in [0.15, 0.2) is 60.8 Å². The van der Waals surface area contributed by atoms with Gasteiger partial charge in [0.25, 0.3) is 5.91 Å². The first-order chi connectivity index (χ1) is 16.6. The quantitative estimate of drug-likeness (QED) is 0.451. The molecule has 2 fully saturated rings. The second-order valence-electron chi connectivity index (χ2n) is 9.31. The Kier molecular flexibility index (Phi) is 5.14. The number of aryl methyl sites for hydroxylation is 1. The van der Waals surface area contributed by atoms with E-state index < -0.39 is 0 Å². The monoisotopic (exact) mass is 453 g/mol. The van der Waals surface area contributed by atoms with Gasteiger partial charge in [0, 0.05) is 24.4 Å². The number of carbonyl (C=O) groups excluding carboxylic acids is 1. The Labute approximate surface area is 198 Å². The van der Waals surface area contributed by atoms with Crippen LogP contribution in [-0.4, -0.2) is 49.7 Å². The van der Waals surface area contributed by atoms with E-state index in [0.29, 0.717) is 36.0 Å². The molecular formula is C27H27N5O2. The van der Waals surface area contributed by atoms with E-state index in [-0.39, 0.29) is 18.1 Å². The van der Waals surface area contributed by atoms with Gasteiger partial charge >= 0.3 is 0 Å². The van der Waals surface area contributed by atoms with Crippen LogP contribution in [0.1, 0.15) is 59.1 Å². The molecular weight excluding hydrogens is 426 g/mol. The maximum Gasteiger partial charge on any atom is 0.254 e. The molecule has 0 bridgehead atoms. The number of fused-ring (bicyclic) bond motifs is 1. The largest absolute Gasteiger partial charge is 0.367 e. The molecule has 1 aromatic carbocycles. The molecule has 6 rings (SSSR count). The number of hydrogen-bond donors (Lipinski definition) is 0. The predicted molar refractivity (Wildman–Crippen MR) is 129 cm³/mol. The normalized spacial score (nSPS) is 20.6. The minimum atomic E-state index is -0.147. The number of rotatable bonds is 4. The number of benzene rings is 1. The smallest absolute Gasteiger partial charge is 0.254 e. The molecule has 2 unspecified atom stereocenters. The molecule has 4 heterocycles. The van der Waals surface area contributed by atoms with Crippen LogP contribution in [0.2, 0.25) is 0 Å². The fourth-order valence-corrected chi connectivity index (χ4v) is 4.84. The van der Waals surface area contributed by atoms with Crippen molar-refractivity contribution in [3.8, 4) is 5.82 Å². The second kappa shape index (κ2) is 8.33. The lowest BCUT2D eigenvalue weighted by Crippen LogP contribution is -2.46. The van der Waals surface area contributed by atoms with Gasteiger partial charge in [-0.3, -0.25) is 4.79 Å². The van der Waals surface area contributed by atoms with Crippen LogP contribution >= 0.6 is 0 Å². The first kappa shape index (κ1) is 21.0. The maximum atomic E-state index is 14.0. The van der Waals surface area contributed by atoms with Gasteiger partial charge in [0.1, 0.15) is 6.10 Å². The number of carbonyl (C=O) groups is 1. The fraction of sp³-hybridized carbons (Fsp3) is 0.333. The van der Waals surface area contributed by atoms with Gasteiger partial charge in [-0.15, -0.1) is 0 Å². The van der Waals surface area contributed by atoms with Crippen LogP contribution < -0.4 is 0 Å². The molecule has 1 aliphatic heterocycles. The average Bonchev–Trinajstić information content (AvgIpc) is 3.67. The van der Waals surface area contributed by atoms with Gasteiger partial charge in [-0.25, -0.2) is 9.97 Å². The van der Waals surface area contributed by atoms with Crippen molar-refractivity contribution in [3.63, 3.8) is 0 Å². The highest BCUT2D eigenvalue weighted by atomic mass is 16.5. The summed E-state index contributed by atoms with van der Waals surface area (Å²) in [6.45, 7) is 5.03. The van der Waals surface area contributed by atoms with Gasteiger partial charge in [-0.1, -0.05) is 36.4 Å². The molecule has 34 heavy (non-hydrogen) atoms. The molecule has 2 atom stereocenters. The first-order valence-corrected chi connectivity index (χ1v) is 11.9. The molecule has 1 saturated carbocycles. The van der Waals surface area contributed by atoms with Gasteiger partial charge in [-0.05, 0) is 50.5 Å². The zero-order valence-electron chi connectivity index (χ0n) is 19.4. The topological polar surface area (TPSA) is 73.1 Å². The van der Waals surface area contributed by atoms with Crippen LogP contribution in [0.4, 0.5) is 0 Å². The zero-order valence-corrected chi connectivity index (χ0v) is 19.4. The molecule has 4 aromatic rings. The molecule has 0 spiro atoms. The van der Waals surface area contributed by atoms with Crippen molar-refractivity contribution in [2.45, 2.75) is 44.8 Å². The summed E-state index contributed by atoms with van der Waals surface area (Å²) >= 11 is 0. The van der Waals surface area contributed by atoms with E-state index in [4.69, 9.17) is 14.8 Å². The Morgan fingerprint density at radius 3 is 2.59 bits per heavy atom. The summed E-state index contributed by atoms with van der Waals surface area (Å²) in [5.41, 5.74) is 4.20. The van der Waals surface area contributed by atoms with E-state index in [1.54, 1.807) is 10.9 Å². The molecule has 1 saturated heterocycles. The maximum absolute atomic E-state index is 14.0. The van der Waals surface area contributed by atoms with Gasteiger partial charge in [0.15, 0.2) is 11.5 Å². The standard InChI is InChI=1S/C27H27N5O2/c1-17-15-31(16-23(34-17)20-8-4-3-5-9-20)27(33)21-14-22(19-11-12-19)29-26-25(21)18(2)30-32(26)24-10-6-7-13-28-24/h3-10,13-14,17,19,23H,11-12,15-16H2,1-2H3. The number of nitrogens with zero attached hydrogens (tertiary/aromatic N) is 5. The first-order valence-electron chi connectivity index (χ1n) is 11.9. The Balaban J connectivity index is 1.43. The number of aromatic nitrogens is 4. The third-order valence-corrected chi connectivity index (χ3v) is 6.64. The van der Waals surface area contributed by atoms with Gasteiger partial charge in [0.05, 0.1) is 29.3 Å². The highest BCUT2D eigenvalue weighted by Gasteiger charge is 2.34. The minimum Gasteiger partial charge on any atom is -0.367 e. The van der Waals surface area contributed by atoms with Gasteiger partial charge in [0.2, 0.25) is 0 Å². The SMILES string of the molecule is Cc1nn(-c2ccccn2)c2nc(C3CC3)cc(C(=O)N3CC(C)OC(c4ccccc4)C3)c12. The Bertz CT molecular complexity index is 1350. The summed E-state index contributed by atoms with van der Waals surface area (Å²) in [7, 11) is 0. The van der Waals surface area contributed by atoms with Crippen LogP contribution in [-0.2, 0) is 4.74 Å². The van der Waals surface area contributed by atoms with Crippen molar-refractivity contribution in [3.05, 3.63) is 83.3 Å². The molecule has 172 valence electrons. The Morgan fingerprint density at radius 1 is 1.06 bits per heavy atom. The molecule has 3 aromatic heterocycles. The lowest BCUT2D eigenvalue weighted by atomic mass is 10.0. The molecule has 0 radical (unpaired) electrons. The van der Waals surface area contributed by atoms with Crippen LogP contribution in [0.5, 0.6) is 0 Å². The lowest BCUT2D eigenvalue weighted by Gasteiger charge is -2.37. The predicted octanol–water partition coefficient (Wildman–Crippen LogP) is 4.60. The number of hydrogen-bond acceptors (Lipinski definition) is 5. The third-order valence-electron chi connectivity index (χ3n) is 6.64. The van der Waals surface area contributed by atoms with Crippen molar-refractivity contribution in [1.82, 2.24) is 24.6 Å². The third kappa shape index (κ3) is 3.76. The average molecular weight is 454 g/mol. The van der Waals surface area contributed by atoms with Crippen molar-refractivity contribution in [1.29, 1.82) is 0 Å². The van der Waals surface area contributed by atoms with Crippen molar-refractivity contribution >= 4 is 16.9 Å². The Morgan fingerprint density at radius 2 is 1.85 bits per heavy atom. The van der Waals surface area contributed by atoms with E-state index in [2.05, 4.69) is 17.1 Å². The second-order valence-corrected chi connectivity index (χ2v) is 9.31. The number of morpholine rings is 1. The number of pyridine rings is 2. The van der Waals surface area contributed by atoms with Crippen LogP contribution in [0.25, 0.3) is 16.9 Å². The summed E-state index contributed by atoms with van der Waals surface area (Å²) in [5.74, 6) is 1.11. The van der Waals surface area contributed by atoms with E-state index in [0.717, 1.165) is 35.2 Å². The lowest BCUT2D eigenvalue weighted by molar-refractivity contribution is -0.0691. The summed E-state index contributed by atoms with van der Waals surface area (Å²) in [4.78, 5) is 25.4. The highest BCUT2D eigenvalue weighted by Crippen LogP contribution is 2.41. The fourth-order valence-electron chi connectivity index (χ4n) is 4.84. The molecule has 7 nitrogen and oxygen atoms in total. The Hall–Kier alpha value is -3.58. The molecule has 0 N–H and O–H groups in total. The van der Waals surface area contributed by atoms with Crippen molar-refractivity contribution in [2.75, 3.05) is 13.1 Å². The number of amides is 1. The van der Waals surface area contributed by atoms with Gasteiger partial charge < -0.3 is 9.64 Å². The van der Waals surface area contributed by atoms with Gasteiger partial charge in [-0.2, -0.15) is 9.78 Å². The summed E-state index contributed by atoms with van der Waals surface area (Å²) in [5, 5.41) is 5.54. The van der Waals surface area contributed by atoms with E-state index >= 15 is 0 Å². The van der Waals surface area contributed by atoms with E-state index in [9.17, 15) is 4.79 Å². The zero-order chi connectivity index (χ0) is 23.2. The highest BCUT2D eigenvalue weighted by molar-refractivity contribution is 6.07. The van der Waals surface area contributed by atoms with Crippen molar-refractivity contribution < 1.29 is 9.53 Å². The van der Waals surface area contributed by atoms with Crippen LogP contribution in [0.3, 0.4) is 0 Å². The molecule has 2 aliphatic rings.